The second kappa shape index (κ2) is 13.6. The van der Waals surface area contributed by atoms with Crippen LogP contribution in [0.1, 0.15) is 101 Å². The minimum absolute atomic E-state index is 0.121. The number of rotatable bonds is 14. The molecule has 2 heterocycles. The fourth-order valence-electron chi connectivity index (χ4n) is 4.16. The van der Waals surface area contributed by atoms with Crippen molar-refractivity contribution in [3.05, 3.63) is 23.9 Å². The minimum atomic E-state index is -0.121. The van der Waals surface area contributed by atoms with E-state index >= 15 is 0 Å². The van der Waals surface area contributed by atoms with Crippen molar-refractivity contribution in [1.29, 1.82) is 0 Å². The lowest BCUT2D eigenvalue weighted by Gasteiger charge is -2.36. The average Bonchev–Trinajstić information content (AvgIpc) is 2.72. The molecule has 0 aromatic carbocycles. The number of hydrogen-bond donors (Lipinski definition) is 2. The van der Waals surface area contributed by atoms with Gasteiger partial charge in [0.1, 0.15) is 5.82 Å². The quantitative estimate of drug-likeness (QED) is 0.397. The Morgan fingerprint density at radius 2 is 1.57 bits per heavy atom. The van der Waals surface area contributed by atoms with Gasteiger partial charge in [-0.05, 0) is 62.9 Å². The number of nitrogens with two attached hydrogens (primary N) is 1. The van der Waals surface area contributed by atoms with Crippen molar-refractivity contribution < 1.29 is 4.79 Å². The highest BCUT2D eigenvalue weighted by Crippen LogP contribution is 2.29. The summed E-state index contributed by atoms with van der Waals surface area (Å²) in [6, 6.07) is 3.45. The lowest BCUT2D eigenvalue weighted by atomic mass is 9.82. The predicted molar refractivity (Wildman–Crippen MR) is 127 cm³/mol. The first kappa shape index (κ1) is 24.6. The van der Waals surface area contributed by atoms with Crippen LogP contribution >= 0.6 is 0 Å². The highest BCUT2D eigenvalue weighted by molar-refractivity contribution is 5.98. The fraction of sp³-hybridized carbons (Fsp3) is 0.760. The molecule has 1 aromatic rings. The van der Waals surface area contributed by atoms with Gasteiger partial charge in [-0.15, -0.1) is 0 Å². The average molecular weight is 417 g/mol. The molecule has 0 unspecified atom stereocenters. The zero-order valence-corrected chi connectivity index (χ0v) is 19.4. The third-order valence-corrected chi connectivity index (χ3v) is 6.48. The molecule has 1 saturated heterocycles. The molecular formula is C25H44N4O. The second-order valence-corrected chi connectivity index (χ2v) is 9.73. The van der Waals surface area contributed by atoms with Crippen LogP contribution < -0.4 is 11.1 Å². The Morgan fingerprint density at radius 1 is 1.00 bits per heavy atom. The summed E-state index contributed by atoms with van der Waals surface area (Å²) in [7, 11) is 0. The maximum atomic E-state index is 12.0. The van der Waals surface area contributed by atoms with Crippen LogP contribution in [0.25, 0.3) is 0 Å². The van der Waals surface area contributed by atoms with Crippen molar-refractivity contribution in [2.24, 2.45) is 5.41 Å². The fourth-order valence-corrected chi connectivity index (χ4v) is 4.16. The molecular weight excluding hydrogens is 372 g/mol. The Labute approximate surface area is 184 Å². The SMILES string of the molecule is CC1(C)CCN(CCCCCCCCCCCCNC(=O)c2cccnc2N)CC1. The zero-order chi connectivity index (χ0) is 21.7. The molecule has 0 aliphatic carbocycles. The van der Waals surface area contributed by atoms with E-state index in [1.807, 2.05) is 0 Å². The van der Waals surface area contributed by atoms with Crippen molar-refractivity contribution in [2.45, 2.75) is 90.9 Å². The molecule has 1 fully saturated rings. The molecule has 0 spiro atoms. The van der Waals surface area contributed by atoms with Crippen LogP contribution in [0.4, 0.5) is 5.82 Å². The molecule has 0 bridgehead atoms. The molecule has 5 nitrogen and oxygen atoms in total. The summed E-state index contributed by atoms with van der Waals surface area (Å²) in [5.74, 6) is 0.176. The van der Waals surface area contributed by atoms with E-state index in [1.54, 1.807) is 18.3 Å². The van der Waals surface area contributed by atoms with Gasteiger partial charge in [0.2, 0.25) is 0 Å². The third-order valence-electron chi connectivity index (χ3n) is 6.48. The number of nitrogens with one attached hydrogen (secondary N) is 1. The number of nitrogen functional groups attached to an aromatic ring is 1. The maximum Gasteiger partial charge on any atom is 0.255 e. The molecule has 30 heavy (non-hydrogen) atoms. The van der Waals surface area contributed by atoms with Gasteiger partial charge < -0.3 is 16.0 Å². The smallest absolute Gasteiger partial charge is 0.255 e. The van der Waals surface area contributed by atoms with Crippen LogP contribution in [-0.2, 0) is 0 Å². The molecule has 3 N–H and O–H groups in total. The van der Waals surface area contributed by atoms with Gasteiger partial charge in [-0.2, -0.15) is 0 Å². The monoisotopic (exact) mass is 416 g/mol. The number of amides is 1. The predicted octanol–water partition coefficient (Wildman–Crippen LogP) is 5.42. The maximum absolute atomic E-state index is 12.0. The van der Waals surface area contributed by atoms with Crippen molar-refractivity contribution in [3.8, 4) is 0 Å². The number of carbonyl (C=O) groups is 1. The third kappa shape index (κ3) is 9.92. The lowest BCUT2D eigenvalue weighted by Crippen LogP contribution is -2.37. The van der Waals surface area contributed by atoms with E-state index in [0.717, 1.165) is 6.42 Å². The van der Waals surface area contributed by atoms with Crippen LogP contribution in [0.15, 0.2) is 18.3 Å². The lowest BCUT2D eigenvalue weighted by molar-refractivity contribution is 0.0953. The number of piperidine rings is 1. The topological polar surface area (TPSA) is 71.2 Å². The Morgan fingerprint density at radius 3 is 2.17 bits per heavy atom. The van der Waals surface area contributed by atoms with E-state index in [-0.39, 0.29) is 5.91 Å². The Balaban J connectivity index is 1.33. The van der Waals surface area contributed by atoms with Crippen LogP contribution in [0, 0.1) is 5.41 Å². The number of aromatic nitrogens is 1. The summed E-state index contributed by atoms with van der Waals surface area (Å²) < 4.78 is 0. The number of anilines is 1. The van der Waals surface area contributed by atoms with E-state index < -0.39 is 0 Å². The largest absolute Gasteiger partial charge is 0.383 e. The number of likely N-dealkylation sites (tertiary alicyclic amines) is 1. The number of pyridine rings is 1. The van der Waals surface area contributed by atoms with Crippen LogP contribution in [0.3, 0.4) is 0 Å². The molecule has 2 rings (SSSR count). The van der Waals surface area contributed by atoms with Crippen LogP contribution in [-0.4, -0.2) is 42.0 Å². The van der Waals surface area contributed by atoms with Crippen molar-refractivity contribution in [1.82, 2.24) is 15.2 Å². The summed E-state index contributed by atoms with van der Waals surface area (Å²) in [4.78, 5) is 18.6. The first-order valence-corrected chi connectivity index (χ1v) is 12.2. The number of carbonyl (C=O) groups excluding carboxylic acids is 1. The van der Waals surface area contributed by atoms with Gasteiger partial charge in [0.05, 0.1) is 5.56 Å². The van der Waals surface area contributed by atoms with Gasteiger partial charge in [0, 0.05) is 12.7 Å². The number of hydrogen-bond acceptors (Lipinski definition) is 4. The molecule has 1 amide bonds. The highest BCUT2D eigenvalue weighted by atomic mass is 16.1. The molecule has 1 aliphatic rings. The first-order chi connectivity index (χ1) is 14.5. The Hall–Kier alpha value is -1.62. The first-order valence-electron chi connectivity index (χ1n) is 12.2. The summed E-state index contributed by atoms with van der Waals surface area (Å²) in [6.07, 6.45) is 17.3. The number of nitrogens with zero attached hydrogens (tertiary/aromatic N) is 2. The summed E-state index contributed by atoms with van der Waals surface area (Å²) >= 11 is 0. The van der Waals surface area contributed by atoms with E-state index in [9.17, 15) is 4.79 Å². The van der Waals surface area contributed by atoms with Gasteiger partial charge in [0.15, 0.2) is 0 Å². The van der Waals surface area contributed by atoms with E-state index in [1.165, 1.54) is 90.3 Å². The van der Waals surface area contributed by atoms with Crippen molar-refractivity contribution >= 4 is 11.7 Å². The zero-order valence-electron chi connectivity index (χ0n) is 19.4. The molecule has 1 aliphatic heterocycles. The van der Waals surface area contributed by atoms with E-state index in [0.29, 0.717) is 23.3 Å². The minimum Gasteiger partial charge on any atom is -0.383 e. The molecule has 0 atom stereocenters. The Kier molecular flexibility index (Phi) is 11.2. The van der Waals surface area contributed by atoms with Gasteiger partial charge in [-0.3, -0.25) is 4.79 Å². The molecule has 0 saturated carbocycles. The van der Waals surface area contributed by atoms with Gasteiger partial charge in [-0.1, -0.05) is 65.2 Å². The summed E-state index contributed by atoms with van der Waals surface area (Å²) in [5.41, 5.74) is 6.77. The van der Waals surface area contributed by atoms with E-state index in [4.69, 9.17) is 5.73 Å². The summed E-state index contributed by atoms with van der Waals surface area (Å²) in [5, 5.41) is 2.94. The van der Waals surface area contributed by atoms with Gasteiger partial charge >= 0.3 is 0 Å². The highest BCUT2D eigenvalue weighted by Gasteiger charge is 2.24. The molecule has 1 aromatic heterocycles. The van der Waals surface area contributed by atoms with Crippen LogP contribution in [0.2, 0.25) is 0 Å². The molecule has 5 heteroatoms. The van der Waals surface area contributed by atoms with E-state index in [2.05, 4.69) is 29.0 Å². The summed E-state index contributed by atoms with van der Waals surface area (Å²) in [6.45, 7) is 9.43. The van der Waals surface area contributed by atoms with Gasteiger partial charge in [0.25, 0.3) is 5.91 Å². The van der Waals surface area contributed by atoms with Gasteiger partial charge in [-0.25, -0.2) is 4.98 Å². The van der Waals surface area contributed by atoms with Crippen molar-refractivity contribution in [3.63, 3.8) is 0 Å². The normalized spacial score (nSPS) is 16.5. The van der Waals surface area contributed by atoms with Crippen molar-refractivity contribution in [2.75, 3.05) is 31.9 Å². The Bertz CT molecular complexity index is 607. The van der Waals surface area contributed by atoms with Crippen LogP contribution in [0.5, 0.6) is 0 Å². The standard InChI is InChI=1S/C25H44N4O/c1-25(2)15-20-29(21-16-25)19-12-10-8-6-4-3-5-7-9-11-17-28-24(30)22-14-13-18-27-23(22)26/h13-14,18H,3-12,15-17,19-21H2,1-2H3,(H2,26,27)(H,28,30). The number of unbranched alkanes of at least 4 members (excludes halogenated alkanes) is 9. The second-order valence-electron chi connectivity index (χ2n) is 9.73. The molecule has 0 radical (unpaired) electrons. The molecule has 170 valence electrons.